The number of hydrogen-bond acceptors (Lipinski definition) is 3. The molecule has 1 aromatic heterocycles. The highest BCUT2D eigenvalue weighted by Crippen LogP contribution is 2.28. The molecule has 0 saturated heterocycles. The van der Waals surface area contributed by atoms with Gasteiger partial charge in [-0.1, -0.05) is 23.7 Å². The number of fused-ring (bicyclic) bond motifs is 1. The summed E-state index contributed by atoms with van der Waals surface area (Å²) in [6.07, 6.45) is 0. The molecular formula is C25H22ClNO2. The van der Waals surface area contributed by atoms with Gasteiger partial charge in [-0.25, -0.2) is 4.99 Å². The molecule has 3 nitrogen and oxygen atoms in total. The van der Waals surface area contributed by atoms with Crippen LogP contribution in [0.2, 0.25) is 5.02 Å². The highest BCUT2D eigenvalue weighted by Gasteiger charge is 2.10. The number of hydrogen-bond donors (Lipinski definition) is 0. The third-order valence-corrected chi connectivity index (χ3v) is 5.45. The number of ether oxygens (including phenoxy) is 1. The third-order valence-electron chi connectivity index (χ3n) is 5.04. The van der Waals surface area contributed by atoms with Crippen molar-refractivity contribution in [2.24, 2.45) is 4.99 Å². The average molecular weight is 404 g/mol. The van der Waals surface area contributed by atoms with Crippen LogP contribution in [-0.2, 0) is 0 Å². The van der Waals surface area contributed by atoms with Gasteiger partial charge in [0.05, 0.1) is 18.2 Å². The van der Waals surface area contributed by atoms with Crippen molar-refractivity contribution >= 4 is 28.3 Å². The predicted octanol–water partition coefficient (Wildman–Crippen LogP) is 6.92. The van der Waals surface area contributed by atoms with E-state index in [-0.39, 0.29) is 0 Å². The van der Waals surface area contributed by atoms with Crippen LogP contribution < -0.4 is 10.1 Å². The van der Waals surface area contributed by atoms with Gasteiger partial charge in [0.25, 0.3) is 0 Å². The minimum absolute atomic E-state index is 0.708. The Morgan fingerprint density at radius 1 is 0.931 bits per heavy atom. The van der Waals surface area contributed by atoms with Crippen molar-refractivity contribution in [2.45, 2.75) is 20.8 Å². The van der Waals surface area contributed by atoms with Gasteiger partial charge in [-0.05, 0) is 79.9 Å². The Labute approximate surface area is 175 Å². The van der Waals surface area contributed by atoms with Gasteiger partial charge in [0, 0.05) is 22.0 Å². The van der Waals surface area contributed by atoms with Crippen LogP contribution in [0.1, 0.15) is 16.7 Å². The Kier molecular flexibility index (Phi) is 5.16. The van der Waals surface area contributed by atoms with Crippen molar-refractivity contribution in [2.75, 3.05) is 7.11 Å². The molecule has 1 heterocycles. The van der Waals surface area contributed by atoms with Crippen molar-refractivity contribution in [3.8, 4) is 17.1 Å². The summed E-state index contributed by atoms with van der Waals surface area (Å²) < 4.78 is 11.6. The lowest BCUT2D eigenvalue weighted by Crippen LogP contribution is -2.05. The first-order chi connectivity index (χ1) is 14.0. The maximum atomic E-state index is 6.32. The monoisotopic (exact) mass is 403 g/mol. The van der Waals surface area contributed by atoms with Gasteiger partial charge >= 0.3 is 0 Å². The number of benzene rings is 3. The van der Waals surface area contributed by atoms with Crippen molar-refractivity contribution in [3.63, 3.8) is 0 Å². The molecule has 4 rings (SSSR count). The Bertz CT molecular complexity index is 1270. The molecule has 0 fully saturated rings. The largest absolute Gasteiger partial charge is 0.497 e. The quantitative estimate of drug-likeness (QED) is 0.372. The van der Waals surface area contributed by atoms with Crippen molar-refractivity contribution in [1.29, 1.82) is 0 Å². The average Bonchev–Trinajstić information content (AvgIpc) is 2.70. The maximum absolute atomic E-state index is 6.32. The molecule has 0 aliphatic rings. The van der Waals surface area contributed by atoms with Gasteiger partial charge < -0.3 is 9.15 Å². The normalized spacial score (nSPS) is 11.8. The summed E-state index contributed by atoms with van der Waals surface area (Å²) >= 11 is 6.32. The van der Waals surface area contributed by atoms with E-state index in [2.05, 4.69) is 26.0 Å². The summed E-state index contributed by atoms with van der Waals surface area (Å²) in [5.74, 6) is 1.56. The van der Waals surface area contributed by atoms with E-state index >= 15 is 0 Å². The van der Waals surface area contributed by atoms with Gasteiger partial charge in [-0.15, -0.1) is 0 Å². The summed E-state index contributed by atoms with van der Waals surface area (Å²) in [5.41, 5.74) is 5.86. The van der Waals surface area contributed by atoms with Crippen LogP contribution in [0.15, 0.2) is 70.1 Å². The summed E-state index contributed by atoms with van der Waals surface area (Å²) in [7, 11) is 1.66. The molecule has 0 aliphatic heterocycles. The zero-order valence-corrected chi connectivity index (χ0v) is 17.7. The van der Waals surface area contributed by atoms with Crippen molar-refractivity contribution < 1.29 is 9.15 Å². The van der Waals surface area contributed by atoms with Gasteiger partial charge in [0.2, 0.25) is 0 Å². The molecule has 0 N–H and O–H groups in total. The van der Waals surface area contributed by atoms with Gasteiger partial charge in [0.15, 0.2) is 0 Å². The molecule has 29 heavy (non-hydrogen) atoms. The van der Waals surface area contributed by atoms with Crippen LogP contribution in [0.5, 0.6) is 5.75 Å². The van der Waals surface area contributed by atoms with E-state index < -0.39 is 0 Å². The van der Waals surface area contributed by atoms with E-state index in [1.165, 1.54) is 0 Å². The SMILES string of the molecule is COc1ccc(-c2cc(=Nc3cccc(Cl)c3C)c3c(C)cc(C)cc3o2)cc1. The molecule has 0 atom stereocenters. The second-order valence-corrected chi connectivity index (χ2v) is 7.58. The standard InChI is InChI=1S/C25H22ClNO2/c1-15-12-16(2)25-22(27-21-7-5-6-20(26)17(21)3)14-23(29-24(25)13-15)18-8-10-19(28-4)11-9-18/h5-14H,1-4H3. The first-order valence-corrected chi connectivity index (χ1v) is 9.83. The first kappa shape index (κ1) is 19.3. The highest BCUT2D eigenvalue weighted by molar-refractivity contribution is 6.31. The smallest absolute Gasteiger partial charge is 0.137 e. The molecule has 0 amide bonds. The van der Waals surface area contributed by atoms with Crippen LogP contribution in [-0.4, -0.2) is 7.11 Å². The number of aryl methyl sites for hydroxylation is 2. The summed E-state index contributed by atoms with van der Waals surface area (Å²) in [6, 6.07) is 19.8. The first-order valence-electron chi connectivity index (χ1n) is 9.45. The zero-order chi connectivity index (χ0) is 20.5. The van der Waals surface area contributed by atoms with Gasteiger partial charge in [0.1, 0.15) is 17.1 Å². The molecular weight excluding hydrogens is 382 g/mol. The maximum Gasteiger partial charge on any atom is 0.137 e. The molecule has 146 valence electrons. The van der Waals surface area contributed by atoms with Crippen LogP contribution in [0.3, 0.4) is 0 Å². The topological polar surface area (TPSA) is 34.7 Å². The van der Waals surface area contributed by atoms with Gasteiger partial charge in [-0.2, -0.15) is 0 Å². The Hall–Kier alpha value is -3.04. The van der Waals surface area contributed by atoms with E-state index in [4.69, 9.17) is 25.7 Å². The van der Waals surface area contributed by atoms with Crippen LogP contribution in [0.4, 0.5) is 5.69 Å². The Morgan fingerprint density at radius 3 is 2.41 bits per heavy atom. The van der Waals surface area contributed by atoms with Crippen molar-refractivity contribution in [3.05, 3.63) is 87.7 Å². The minimum Gasteiger partial charge on any atom is -0.497 e. The molecule has 4 aromatic rings. The molecule has 0 spiro atoms. The highest BCUT2D eigenvalue weighted by atomic mass is 35.5. The van der Waals surface area contributed by atoms with E-state index in [1.54, 1.807) is 7.11 Å². The third kappa shape index (κ3) is 3.79. The zero-order valence-electron chi connectivity index (χ0n) is 16.9. The number of nitrogens with zero attached hydrogens (tertiary/aromatic N) is 1. The van der Waals surface area contributed by atoms with E-state index in [0.717, 1.165) is 55.8 Å². The fourth-order valence-corrected chi connectivity index (χ4v) is 3.68. The number of halogens is 1. The number of rotatable bonds is 3. The second-order valence-electron chi connectivity index (χ2n) is 7.18. The van der Waals surface area contributed by atoms with Crippen LogP contribution >= 0.6 is 11.6 Å². The Balaban J connectivity index is 2.03. The van der Waals surface area contributed by atoms with Gasteiger partial charge in [-0.3, -0.25) is 0 Å². The molecule has 0 saturated carbocycles. The van der Waals surface area contributed by atoms with Crippen molar-refractivity contribution in [1.82, 2.24) is 0 Å². The van der Waals surface area contributed by atoms with Crippen LogP contribution in [0.25, 0.3) is 22.3 Å². The molecule has 0 bridgehead atoms. The van der Waals surface area contributed by atoms with Crippen LogP contribution in [0, 0.1) is 20.8 Å². The fraction of sp³-hybridized carbons (Fsp3) is 0.160. The minimum atomic E-state index is 0.708. The van der Waals surface area contributed by atoms with E-state index in [9.17, 15) is 0 Å². The molecule has 0 aliphatic carbocycles. The lowest BCUT2D eigenvalue weighted by molar-refractivity contribution is 0.415. The summed E-state index contributed by atoms with van der Waals surface area (Å²) in [4.78, 5) is 4.97. The summed E-state index contributed by atoms with van der Waals surface area (Å²) in [5, 5.41) is 2.58. The fourth-order valence-electron chi connectivity index (χ4n) is 3.51. The molecule has 3 aromatic carbocycles. The van der Waals surface area contributed by atoms with E-state index in [1.807, 2.05) is 55.5 Å². The second kappa shape index (κ2) is 7.76. The van der Waals surface area contributed by atoms with E-state index in [0.29, 0.717) is 5.02 Å². The Morgan fingerprint density at radius 2 is 1.69 bits per heavy atom. The lowest BCUT2D eigenvalue weighted by Gasteiger charge is -2.09. The number of methoxy groups -OCH3 is 1. The molecule has 0 unspecified atom stereocenters. The lowest BCUT2D eigenvalue weighted by atomic mass is 10.0. The molecule has 4 heteroatoms. The summed E-state index contributed by atoms with van der Waals surface area (Å²) in [6.45, 7) is 6.14. The molecule has 0 radical (unpaired) electrons. The predicted molar refractivity (Wildman–Crippen MR) is 119 cm³/mol.